The summed E-state index contributed by atoms with van der Waals surface area (Å²) in [5.41, 5.74) is 15.7. The highest BCUT2D eigenvalue weighted by molar-refractivity contribution is 6.30. The van der Waals surface area contributed by atoms with Crippen LogP contribution in [-0.4, -0.2) is 4.98 Å². The Bertz CT molecular complexity index is 535. The Kier molecular flexibility index (Phi) is 3.31. The van der Waals surface area contributed by atoms with Gasteiger partial charge in [0.25, 0.3) is 0 Å². The Morgan fingerprint density at radius 1 is 1.24 bits per heavy atom. The van der Waals surface area contributed by atoms with Crippen molar-refractivity contribution in [2.24, 2.45) is 5.73 Å². The van der Waals surface area contributed by atoms with Crippen LogP contribution in [0.5, 0.6) is 0 Å². The third kappa shape index (κ3) is 2.40. The zero-order valence-electron chi connectivity index (χ0n) is 9.57. The number of nitrogens with zero attached hydrogens (tertiary/aromatic N) is 1. The van der Waals surface area contributed by atoms with Gasteiger partial charge in [-0.1, -0.05) is 41.4 Å². The molecule has 4 heteroatoms. The number of halogens is 1. The number of hydrogen-bond acceptors (Lipinski definition) is 3. The molecule has 17 heavy (non-hydrogen) atoms. The van der Waals surface area contributed by atoms with Crippen LogP contribution in [0.3, 0.4) is 0 Å². The van der Waals surface area contributed by atoms with E-state index >= 15 is 0 Å². The lowest BCUT2D eigenvalue weighted by atomic mass is 10.1. The minimum atomic E-state index is 0.338. The number of pyridine rings is 1. The van der Waals surface area contributed by atoms with Crippen LogP contribution in [0.1, 0.15) is 11.1 Å². The Morgan fingerprint density at radius 2 is 1.88 bits per heavy atom. The minimum absolute atomic E-state index is 0.338. The summed E-state index contributed by atoms with van der Waals surface area (Å²) >= 11 is 6.04. The SMILES string of the molecule is Cc1ccc(-c2nc(Cl)c(CN)cc2N)cc1. The molecule has 1 aromatic heterocycles. The van der Waals surface area contributed by atoms with E-state index in [1.165, 1.54) is 5.56 Å². The molecule has 4 N–H and O–H groups in total. The molecule has 0 radical (unpaired) electrons. The number of aryl methyl sites for hydroxylation is 1. The lowest BCUT2D eigenvalue weighted by Gasteiger charge is -2.09. The molecule has 0 atom stereocenters. The van der Waals surface area contributed by atoms with Crippen molar-refractivity contribution in [3.8, 4) is 11.3 Å². The maximum atomic E-state index is 6.04. The highest BCUT2D eigenvalue weighted by Crippen LogP contribution is 2.28. The van der Waals surface area contributed by atoms with E-state index < -0.39 is 0 Å². The van der Waals surface area contributed by atoms with Gasteiger partial charge < -0.3 is 11.5 Å². The molecule has 1 aromatic carbocycles. The van der Waals surface area contributed by atoms with Gasteiger partial charge in [-0.2, -0.15) is 0 Å². The van der Waals surface area contributed by atoms with Gasteiger partial charge in [0, 0.05) is 17.7 Å². The Labute approximate surface area is 105 Å². The summed E-state index contributed by atoms with van der Waals surface area (Å²) in [4.78, 5) is 4.30. The summed E-state index contributed by atoms with van der Waals surface area (Å²) in [6.45, 7) is 2.37. The van der Waals surface area contributed by atoms with E-state index in [0.29, 0.717) is 23.1 Å². The Morgan fingerprint density at radius 3 is 2.47 bits per heavy atom. The quantitative estimate of drug-likeness (QED) is 0.802. The molecule has 0 fully saturated rings. The molecule has 0 aliphatic heterocycles. The normalized spacial score (nSPS) is 10.5. The van der Waals surface area contributed by atoms with Crippen molar-refractivity contribution < 1.29 is 0 Å². The smallest absolute Gasteiger partial charge is 0.134 e. The first-order chi connectivity index (χ1) is 8.11. The van der Waals surface area contributed by atoms with Crippen molar-refractivity contribution in [3.05, 3.63) is 46.6 Å². The summed E-state index contributed by atoms with van der Waals surface area (Å²) in [5.74, 6) is 0. The van der Waals surface area contributed by atoms with Crippen molar-refractivity contribution >= 4 is 17.3 Å². The van der Waals surface area contributed by atoms with Gasteiger partial charge >= 0.3 is 0 Å². The standard InChI is InChI=1S/C13H14ClN3/c1-8-2-4-9(5-3-8)12-11(16)6-10(7-15)13(14)17-12/h2-6H,7,15-16H2,1H3. The Balaban J connectivity index is 2.52. The lowest BCUT2D eigenvalue weighted by Crippen LogP contribution is -2.02. The number of nitrogens with two attached hydrogens (primary N) is 2. The first-order valence-electron chi connectivity index (χ1n) is 5.34. The molecule has 1 heterocycles. The fraction of sp³-hybridized carbons (Fsp3) is 0.154. The number of aromatic nitrogens is 1. The molecule has 2 aromatic rings. The summed E-state index contributed by atoms with van der Waals surface area (Å²) in [6, 6.07) is 9.77. The van der Waals surface area contributed by atoms with Crippen molar-refractivity contribution in [2.75, 3.05) is 5.73 Å². The van der Waals surface area contributed by atoms with E-state index in [9.17, 15) is 0 Å². The molecule has 0 amide bonds. The van der Waals surface area contributed by atoms with E-state index in [1.807, 2.05) is 31.2 Å². The predicted molar refractivity (Wildman–Crippen MR) is 71.7 cm³/mol. The second-order valence-electron chi connectivity index (χ2n) is 3.95. The van der Waals surface area contributed by atoms with Gasteiger partial charge in [-0.05, 0) is 13.0 Å². The maximum Gasteiger partial charge on any atom is 0.134 e. The third-order valence-corrected chi connectivity index (χ3v) is 2.95. The van der Waals surface area contributed by atoms with E-state index in [1.54, 1.807) is 6.07 Å². The molecule has 2 rings (SSSR count). The zero-order valence-corrected chi connectivity index (χ0v) is 10.3. The summed E-state index contributed by atoms with van der Waals surface area (Å²) in [6.07, 6.45) is 0. The van der Waals surface area contributed by atoms with Crippen LogP contribution < -0.4 is 11.5 Å². The number of benzene rings is 1. The largest absolute Gasteiger partial charge is 0.397 e. The van der Waals surface area contributed by atoms with Gasteiger partial charge in [-0.3, -0.25) is 0 Å². The monoisotopic (exact) mass is 247 g/mol. The number of nitrogen functional groups attached to an aromatic ring is 1. The lowest BCUT2D eigenvalue weighted by molar-refractivity contribution is 1.05. The van der Waals surface area contributed by atoms with Crippen LogP contribution in [0.4, 0.5) is 5.69 Å². The predicted octanol–water partition coefficient (Wildman–Crippen LogP) is 2.75. The molecular formula is C13H14ClN3. The van der Waals surface area contributed by atoms with Crippen LogP contribution >= 0.6 is 11.6 Å². The zero-order chi connectivity index (χ0) is 12.4. The second kappa shape index (κ2) is 4.73. The molecule has 3 nitrogen and oxygen atoms in total. The van der Waals surface area contributed by atoms with Crippen molar-refractivity contribution in [2.45, 2.75) is 13.5 Å². The van der Waals surface area contributed by atoms with Gasteiger partial charge in [0.2, 0.25) is 0 Å². The average molecular weight is 248 g/mol. The number of hydrogen-bond donors (Lipinski definition) is 2. The van der Waals surface area contributed by atoms with Crippen LogP contribution in [0.25, 0.3) is 11.3 Å². The fourth-order valence-corrected chi connectivity index (χ4v) is 1.85. The first-order valence-corrected chi connectivity index (χ1v) is 5.71. The van der Waals surface area contributed by atoms with Gasteiger partial charge in [-0.15, -0.1) is 0 Å². The van der Waals surface area contributed by atoms with Gasteiger partial charge in [0.05, 0.1) is 11.4 Å². The molecule has 0 spiro atoms. The Hall–Kier alpha value is -1.58. The van der Waals surface area contributed by atoms with Crippen molar-refractivity contribution in [1.29, 1.82) is 0 Å². The molecule has 0 saturated heterocycles. The van der Waals surface area contributed by atoms with Crippen molar-refractivity contribution in [1.82, 2.24) is 4.98 Å². The average Bonchev–Trinajstić information content (AvgIpc) is 2.33. The van der Waals surface area contributed by atoms with Crippen LogP contribution in [0.15, 0.2) is 30.3 Å². The maximum absolute atomic E-state index is 6.04. The van der Waals surface area contributed by atoms with E-state index in [-0.39, 0.29) is 0 Å². The molecule has 0 aliphatic rings. The van der Waals surface area contributed by atoms with Gasteiger partial charge in [0.1, 0.15) is 5.15 Å². The molecule has 0 bridgehead atoms. The van der Waals surface area contributed by atoms with Crippen LogP contribution in [0.2, 0.25) is 5.15 Å². The van der Waals surface area contributed by atoms with E-state index in [2.05, 4.69) is 4.98 Å². The summed E-state index contributed by atoms with van der Waals surface area (Å²) in [5, 5.41) is 0.414. The highest BCUT2D eigenvalue weighted by atomic mass is 35.5. The number of rotatable bonds is 2. The summed E-state index contributed by atoms with van der Waals surface area (Å²) < 4.78 is 0. The van der Waals surface area contributed by atoms with Gasteiger partial charge in [-0.25, -0.2) is 4.98 Å². The summed E-state index contributed by atoms with van der Waals surface area (Å²) in [7, 11) is 0. The molecule has 0 saturated carbocycles. The minimum Gasteiger partial charge on any atom is -0.397 e. The molecule has 88 valence electrons. The topological polar surface area (TPSA) is 64.9 Å². The molecular weight excluding hydrogens is 234 g/mol. The fourth-order valence-electron chi connectivity index (χ4n) is 1.64. The van der Waals surface area contributed by atoms with Gasteiger partial charge in [0.15, 0.2) is 0 Å². The number of anilines is 1. The second-order valence-corrected chi connectivity index (χ2v) is 4.30. The molecule has 0 unspecified atom stereocenters. The van der Waals surface area contributed by atoms with E-state index in [4.69, 9.17) is 23.1 Å². The molecule has 0 aliphatic carbocycles. The first kappa shape index (κ1) is 11.9. The van der Waals surface area contributed by atoms with Crippen LogP contribution in [0, 0.1) is 6.92 Å². The highest BCUT2D eigenvalue weighted by Gasteiger charge is 2.09. The van der Waals surface area contributed by atoms with Crippen LogP contribution in [-0.2, 0) is 6.54 Å². The van der Waals surface area contributed by atoms with E-state index in [0.717, 1.165) is 11.1 Å². The van der Waals surface area contributed by atoms with Crippen molar-refractivity contribution in [3.63, 3.8) is 0 Å². The third-order valence-electron chi connectivity index (χ3n) is 2.62.